The molecule has 1 aliphatic rings. The molecule has 1 aromatic rings. The maximum absolute atomic E-state index is 11.7. The third-order valence-corrected chi connectivity index (χ3v) is 3.05. The van der Waals surface area contributed by atoms with E-state index in [-0.39, 0.29) is 11.9 Å². The Morgan fingerprint density at radius 3 is 2.88 bits per heavy atom. The minimum Gasteiger partial charge on any atom is -0.348 e. The molecule has 0 spiro atoms. The van der Waals surface area contributed by atoms with E-state index >= 15 is 0 Å². The lowest BCUT2D eigenvalue weighted by atomic mass is 10.1. The summed E-state index contributed by atoms with van der Waals surface area (Å²) in [4.78, 5) is 11.7. The molecule has 17 heavy (non-hydrogen) atoms. The molecule has 1 amide bonds. The first-order chi connectivity index (χ1) is 8.15. The largest absolute Gasteiger partial charge is 0.348 e. The zero-order valence-electron chi connectivity index (χ0n) is 10.5. The lowest BCUT2D eigenvalue weighted by Gasteiger charge is -2.15. The number of hydrogen-bond donors (Lipinski definition) is 2. The lowest BCUT2D eigenvalue weighted by Crippen LogP contribution is -2.36. The van der Waals surface area contributed by atoms with E-state index in [1.165, 1.54) is 18.4 Å². The molecule has 0 heterocycles. The molecule has 1 aromatic carbocycles. The Balaban J connectivity index is 1.82. The van der Waals surface area contributed by atoms with Gasteiger partial charge in [-0.2, -0.15) is 0 Å². The Morgan fingerprint density at radius 2 is 2.24 bits per heavy atom. The highest BCUT2D eigenvalue weighted by molar-refractivity contribution is 5.78. The molecule has 0 aliphatic heterocycles. The first kappa shape index (κ1) is 12.1. The molecule has 3 heteroatoms. The molecule has 0 aromatic heterocycles. The third kappa shape index (κ3) is 3.86. The lowest BCUT2D eigenvalue weighted by molar-refractivity contribution is -0.120. The molecule has 1 aliphatic carbocycles. The van der Waals surface area contributed by atoms with Gasteiger partial charge in [0.15, 0.2) is 0 Å². The quantitative estimate of drug-likeness (QED) is 0.814. The second kappa shape index (κ2) is 5.32. The van der Waals surface area contributed by atoms with Crippen LogP contribution in [0.3, 0.4) is 0 Å². The molecule has 1 atom stereocenters. The number of carbonyl (C=O) groups excluding carboxylic acids is 1. The molecule has 92 valence electrons. The third-order valence-electron chi connectivity index (χ3n) is 3.05. The summed E-state index contributed by atoms with van der Waals surface area (Å²) >= 11 is 0. The van der Waals surface area contributed by atoms with Crippen molar-refractivity contribution < 1.29 is 4.79 Å². The van der Waals surface area contributed by atoms with E-state index < -0.39 is 0 Å². The number of hydrogen-bond acceptors (Lipinski definition) is 2. The van der Waals surface area contributed by atoms with Crippen molar-refractivity contribution in [3.63, 3.8) is 0 Å². The first-order valence-corrected chi connectivity index (χ1v) is 6.24. The van der Waals surface area contributed by atoms with E-state index in [9.17, 15) is 4.79 Å². The molecule has 0 radical (unpaired) electrons. The van der Waals surface area contributed by atoms with Crippen LogP contribution in [0.15, 0.2) is 24.3 Å². The maximum Gasteiger partial charge on any atom is 0.234 e. The molecule has 0 bridgehead atoms. The average Bonchev–Trinajstić information content (AvgIpc) is 3.10. The monoisotopic (exact) mass is 232 g/mol. The Hall–Kier alpha value is -1.35. The SMILES string of the molecule is Cc1cccc([C@@H](C)NC(=O)CNC2CC2)c1. The fourth-order valence-electron chi connectivity index (χ4n) is 1.84. The summed E-state index contributed by atoms with van der Waals surface area (Å²) < 4.78 is 0. The molecule has 2 rings (SSSR count). The van der Waals surface area contributed by atoms with Crippen molar-refractivity contribution >= 4 is 5.91 Å². The van der Waals surface area contributed by atoms with Gasteiger partial charge in [-0.15, -0.1) is 0 Å². The summed E-state index contributed by atoms with van der Waals surface area (Å²) in [6.07, 6.45) is 2.42. The molecule has 1 fully saturated rings. The highest BCUT2D eigenvalue weighted by atomic mass is 16.1. The summed E-state index contributed by atoms with van der Waals surface area (Å²) in [7, 11) is 0. The minimum absolute atomic E-state index is 0.0726. The van der Waals surface area contributed by atoms with Crippen LogP contribution in [0.1, 0.15) is 36.9 Å². The summed E-state index contributed by atoms with van der Waals surface area (Å²) in [5, 5.41) is 6.22. The van der Waals surface area contributed by atoms with Crippen LogP contribution >= 0.6 is 0 Å². The van der Waals surface area contributed by atoms with Crippen molar-refractivity contribution in [1.29, 1.82) is 0 Å². The summed E-state index contributed by atoms with van der Waals surface area (Å²) in [6.45, 7) is 4.51. The molecular weight excluding hydrogens is 212 g/mol. The van der Waals surface area contributed by atoms with Gasteiger partial charge in [-0.25, -0.2) is 0 Å². The van der Waals surface area contributed by atoms with Crippen LogP contribution in [0.5, 0.6) is 0 Å². The summed E-state index contributed by atoms with van der Waals surface area (Å²) in [5.41, 5.74) is 2.38. The van der Waals surface area contributed by atoms with E-state index in [4.69, 9.17) is 0 Å². The van der Waals surface area contributed by atoms with E-state index in [1.807, 2.05) is 19.1 Å². The number of nitrogens with one attached hydrogen (secondary N) is 2. The molecule has 0 unspecified atom stereocenters. The van der Waals surface area contributed by atoms with Crippen LogP contribution in [-0.4, -0.2) is 18.5 Å². The van der Waals surface area contributed by atoms with Gasteiger partial charge in [-0.1, -0.05) is 29.8 Å². The average molecular weight is 232 g/mol. The predicted molar refractivity (Wildman–Crippen MR) is 68.8 cm³/mol. The number of benzene rings is 1. The fraction of sp³-hybridized carbons (Fsp3) is 0.500. The topological polar surface area (TPSA) is 41.1 Å². The minimum atomic E-state index is 0.0726. The van der Waals surface area contributed by atoms with E-state index in [0.29, 0.717) is 12.6 Å². The number of rotatable bonds is 5. The van der Waals surface area contributed by atoms with Crippen molar-refractivity contribution in [3.05, 3.63) is 35.4 Å². The first-order valence-electron chi connectivity index (χ1n) is 6.24. The Labute approximate surface area is 103 Å². The van der Waals surface area contributed by atoms with Gasteiger partial charge in [0.1, 0.15) is 0 Å². The molecule has 3 nitrogen and oxygen atoms in total. The van der Waals surface area contributed by atoms with Gasteiger partial charge in [0.2, 0.25) is 5.91 Å². The summed E-state index contributed by atoms with van der Waals surface area (Å²) in [6, 6.07) is 8.90. The van der Waals surface area contributed by atoms with Gasteiger partial charge in [-0.3, -0.25) is 4.79 Å². The highest BCUT2D eigenvalue weighted by Gasteiger charge is 2.21. The van der Waals surface area contributed by atoms with Crippen LogP contribution in [0.4, 0.5) is 0 Å². The molecule has 1 saturated carbocycles. The van der Waals surface area contributed by atoms with Crippen molar-refractivity contribution in [1.82, 2.24) is 10.6 Å². The van der Waals surface area contributed by atoms with Crippen LogP contribution in [0, 0.1) is 6.92 Å². The zero-order valence-corrected chi connectivity index (χ0v) is 10.5. The van der Waals surface area contributed by atoms with Crippen LogP contribution in [0.25, 0.3) is 0 Å². The van der Waals surface area contributed by atoms with E-state index in [0.717, 1.165) is 5.56 Å². The second-order valence-electron chi connectivity index (χ2n) is 4.86. The molecular formula is C14H20N2O. The Kier molecular flexibility index (Phi) is 3.79. The molecule has 2 N–H and O–H groups in total. The van der Waals surface area contributed by atoms with Crippen LogP contribution in [0.2, 0.25) is 0 Å². The predicted octanol–water partition coefficient (Wildman–Crippen LogP) is 1.92. The molecule has 0 saturated heterocycles. The van der Waals surface area contributed by atoms with E-state index in [1.54, 1.807) is 0 Å². The standard InChI is InChI=1S/C14H20N2O/c1-10-4-3-5-12(8-10)11(2)16-14(17)9-15-13-6-7-13/h3-5,8,11,13,15H,6-7,9H2,1-2H3,(H,16,17)/t11-/m1/s1. The van der Waals surface area contributed by atoms with Gasteiger partial charge >= 0.3 is 0 Å². The zero-order chi connectivity index (χ0) is 12.3. The van der Waals surface area contributed by atoms with Crippen molar-refractivity contribution in [2.24, 2.45) is 0 Å². The normalized spacial score (nSPS) is 16.6. The second-order valence-corrected chi connectivity index (χ2v) is 4.86. The number of carbonyl (C=O) groups is 1. The van der Waals surface area contributed by atoms with Crippen molar-refractivity contribution in [3.8, 4) is 0 Å². The van der Waals surface area contributed by atoms with Crippen LogP contribution in [-0.2, 0) is 4.79 Å². The van der Waals surface area contributed by atoms with Gasteiger partial charge in [0.05, 0.1) is 12.6 Å². The Bertz CT molecular complexity index is 399. The fourth-order valence-corrected chi connectivity index (χ4v) is 1.84. The Morgan fingerprint density at radius 1 is 1.47 bits per heavy atom. The van der Waals surface area contributed by atoms with Crippen molar-refractivity contribution in [2.45, 2.75) is 38.8 Å². The van der Waals surface area contributed by atoms with Gasteiger partial charge in [0, 0.05) is 6.04 Å². The maximum atomic E-state index is 11.7. The highest BCUT2D eigenvalue weighted by Crippen LogP contribution is 2.18. The van der Waals surface area contributed by atoms with Gasteiger partial charge in [-0.05, 0) is 32.3 Å². The van der Waals surface area contributed by atoms with Crippen LogP contribution < -0.4 is 10.6 Å². The smallest absolute Gasteiger partial charge is 0.234 e. The number of amides is 1. The number of aryl methyl sites for hydroxylation is 1. The van der Waals surface area contributed by atoms with E-state index in [2.05, 4.69) is 29.7 Å². The summed E-state index contributed by atoms with van der Waals surface area (Å²) in [5.74, 6) is 0.0749. The van der Waals surface area contributed by atoms with Crippen molar-refractivity contribution in [2.75, 3.05) is 6.54 Å². The van der Waals surface area contributed by atoms with Gasteiger partial charge in [0.25, 0.3) is 0 Å². The van der Waals surface area contributed by atoms with Gasteiger partial charge < -0.3 is 10.6 Å².